The van der Waals surface area contributed by atoms with Crippen LogP contribution in [0.5, 0.6) is 5.75 Å². The summed E-state index contributed by atoms with van der Waals surface area (Å²) in [5.41, 5.74) is 6.15. The van der Waals surface area contributed by atoms with Gasteiger partial charge in [-0.15, -0.1) is 11.3 Å². The van der Waals surface area contributed by atoms with E-state index in [0.717, 1.165) is 8.66 Å². The van der Waals surface area contributed by atoms with Crippen LogP contribution in [0.25, 0.3) is 0 Å². The van der Waals surface area contributed by atoms with Gasteiger partial charge in [0.05, 0.1) is 3.79 Å². The minimum Gasteiger partial charge on any atom is -0.488 e. The molecule has 18 heavy (non-hydrogen) atoms. The lowest BCUT2D eigenvalue weighted by Crippen LogP contribution is -2.07. The molecule has 0 radical (unpaired) electrons. The van der Waals surface area contributed by atoms with E-state index in [1.54, 1.807) is 30.4 Å². The predicted octanol–water partition coefficient (Wildman–Crippen LogP) is 4.25. The number of ether oxygens (including phenoxy) is 1. The summed E-state index contributed by atoms with van der Waals surface area (Å²) >= 11 is 4.98. The molecule has 96 valence electrons. The topological polar surface area (TPSA) is 35.2 Å². The molecule has 2 nitrogen and oxygen atoms in total. The fraction of sp³-hybridized carbons (Fsp3) is 0.231. The Bertz CT molecular complexity index is 542. The van der Waals surface area contributed by atoms with Gasteiger partial charge in [0.25, 0.3) is 0 Å². The van der Waals surface area contributed by atoms with E-state index >= 15 is 0 Å². The van der Waals surface area contributed by atoms with Crippen LogP contribution in [0.15, 0.2) is 34.1 Å². The van der Waals surface area contributed by atoms with Gasteiger partial charge in [-0.2, -0.15) is 0 Å². The molecule has 0 unspecified atom stereocenters. The van der Waals surface area contributed by atoms with Crippen molar-refractivity contribution in [3.8, 4) is 5.75 Å². The summed E-state index contributed by atoms with van der Waals surface area (Å²) in [5, 5.41) is 0. The van der Waals surface area contributed by atoms with Gasteiger partial charge in [-0.25, -0.2) is 4.39 Å². The first-order chi connectivity index (χ1) is 8.56. The summed E-state index contributed by atoms with van der Waals surface area (Å²) in [6.07, 6.45) is 0. The molecule has 1 aromatic heterocycles. The zero-order chi connectivity index (χ0) is 13.1. The Morgan fingerprint density at radius 2 is 2.17 bits per heavy atom. The molecule has 0 aliphatic carbocycles. The van der Waals surface area contributed by atoms with Crippen molar-refractivity contribution < 1.29 is 9.13 Å². The third-order valence-corrected chi connectivity index (χ3v) is 4.07. The number of halogens is 2. The molecule has 5 heteroatoms. The van der Waals surface area contributed by atoms with Crippen molar-refractivity contribution in [1.82, 2.24) is 0 Å². The first-order valence-electron chi connectivity index (χ1n) is 5.48. The lowest BCUT2D eigenvalue weighted by molar-refractivity contribution is 0.308. The van der Waals surface area contributed by atoms with Crippen molar-refractivity contribution in [2.45, 2.75) is 19.6 Å². The SMILES string of the molecule is C[C@@H](N)c1ccc(OCc2ccc(Br)s2)cc1F. The third-order valence-electron chi connectivity index (χ3n) is 2.47. The fourth-order valence-corrected chi connectivity index (χ4v) is 2.95. The maximum Gasteiger partial charge on any atom is 0.131 e. The lowest BCUT2D eigenvalue weighted by Gasteiger charge is -2.09. The molecule has 1 atom stereocenters. The second kappa shape index (κ2) is 5.82. The summed E-state index contributed by atoms with van der Waals surface area (Å²) in [6, 6.07) is 8.41. The highest BCUT2D eigenvalue weighted by Crippen LogP contribution is 2.25. The summed E-state index contributed by atoms with van der Waals surface area (Å²) < 4.78 is 20.3. The van der Waals surface area contributed by atoms with Crippen LogP contribution in [0.4, 0.5) is 4.39 Å². The van der Waals surface area contributed by atoms with Crippen LogP contribution in [0, 0.1) is 5.82 Å². The van der Waals surface area contributed by atoms with Crippen LogP contribution < -0.4 is 10.5 Å². The van der Waals surface area contributed by atoms with E-state index in [0.29, 0.717) is 17.9 Å². The van der Waals surface area contributed by atoms with E-state index in [1.165, 1.54) is 6.07 Å². The minimum atomic E-state index is -0.324. The maximum absolute atomic E-state index is 13.7. The first-order valence-corrected chi connectivity index (χ1v) is 7.09. The summed E-state index contributed by atoms with van der Waals surface area (Å²) in [5.74, 6) is 0.191. The van der Waals surface area contributed by atoms with E-state index in [2.05, 4.69) is 15.9 Å². The molecule has 0 bridgehead atoms. The van der Waals surface area contributed by atoms with Gasteiger partial charge in [0.1, 0.15) is 18.2 Å². The Morgan fingerprint density at radius 1 is 1.39 bits per heavy atom. The highest BCUT2D eigenvalue weighted by Gasteiger charge is 2.08. The number of nitrogens with two attached hydrogens (primary N) is 1. The fourth-order valence-electron chi connectivity index (χ4n) is 1.55. The van der Waals surface area contributed by atoms with E-state index in [4.69, 9.17) is 10.5 Å². The highest BCUT2D eigenvalue weighted by molar-refractivity contribution is 9.11. The van der Waals surface area contributed by atoms with Gasteiger partial charge < -0.3 is 10.5 Å². The molecule has 0 aliphatic heterocycles. The molecular weight excluding hydrogens is 317 g/mol. The Labute approximate surface area is 118 Å². The van der Waals surface area contributed by atoms with E-state index < -0.39 is 0 Å². The van der Waals surface area contributed by atoms with Crippen molar-refractivity contribution >= 4 is 27.3 Å². The molecular formula is C13H13BrFNOS. The van der Waals surface area contributed by atoms with E-state index in [9.17, 15) is 4.39 Å². The standard InChI is InChI=1S/C13H13BrFNOS/c1-8(16)11-4-2-9(6-12(11)15)17-7-10-3-5-13(14)18-10/h2-6,8H,7,16H2,1H3/t8-/m1/s1. The van der Waals surface area contributed by atoms with E-state index in [1.807, 2.05) is 12.1 Å². The van der Waals surface area contributed by atoms with Gasteiger partial charge in [-0.05, 0) is 41.1 Å². The molecule has 2 rings (SSSR count). The first kappa shape index (κ1) is 13.5. The Balaban J connectivity index is 2.04. The molecule has 0 amide bonds. The smallest absolute Gasteiger partial charge is 0.131 e. The lowest BCUT2D eigenvalue weighted by atomic mass is 10.1. The van der Waals surface area contributed by atoms with Gasteiger partial charge >= 0.3 is 0 Å². The average molecular weight is 330 g/mol. The van der Waals surface area contributed by atoms with Gasteiger partial charge in [-0.1, -0.05) is 6.07 Å². The molecule has 0 saturated heterocycles. The number of rotatable bonds is 4. The van der Waals surface area contributed by atoms with Gasteiger partial charge in [0.2, 0.25) is 0 Å². The second-order valence-corrected chi connectivity index (χ2v) is 6.51. The van der Waals surface area contributed by atoms with Crippen LogP contribution in [-0.2, 0) is 6.61 Å². The largest absolute Gasteiger partial charge is 0.488 e. The molecule has 0 aliphatic rings. The predicted molar refractivity (Wildman–Crippen MR) is 75.4 cm³/mol. The van der Waals surface area contributed by atoms with Gasteiger partial charge in [0.15, 0.2) is 0 Å². The van der Waals surface area contributed by atoms with Crippen molar-refractivity contribution in [1.29, 1.82) is 0 Å². The summed E-state index contributed by atoms with van der Waals surface area (Å²) in [6.45, 7) is 2.19. The number of thiophene rings is 1. The number of benzene rings is 1. The van der Waals surface area contributed by atoms with Crippen LogP contribution in [0.3, 0.4) is 0 Å². The normalized spacial score (nSPS) is 12.4. The van der Waals surface area contributed by atoms with Crippen molar-refractivity contribution in [2.24, 2.45) is 5.73 Å². The third kappa shape index (κ3) is 3.31. The Morgan fingerprint density at radius 3 is 2.72 bits per heavy atom. The molecule has 0 saturated carbocycles. The molecule has 0 fully saturated rings. The van der Waals surface area contributed by atoms with Crippen LogP contribution >= 0.6 is 27.3 Å². The quantitative estimate of drug-likeness (QED) is 0.910. The molecule has 2 N–H and O–H groups in total. The Hall–Kier alpha value is -0.910. The van der Waals surface area contributed by atoms with Crippen molar-refractivity contribution in [3.05, 3.63) is 50.4 Å². The highest BCUT2D eigenvalue weighted by atomic mass is 79.9. The zero-order valence-corrected chi connectivity index (χ0v) is 12.2. The van der Waals surface area contributed by atoms with Crippen LogP contribution in [0.1, 0.15) is 23.4 Å². The van der Waals surface area contributed by atoms with Gasteiger partial charge in [-0.3, -0.25) is 0 Å². The molecule has 1 heterocycles. The molecule has 2 aromatic rings. The van der Waals surface area contributed by atoms with Gasteiger partial charge in [0, 0.05) is 22.5 Å². The second-order valence-electron chi connectivity index (χ2n) is 3.97. The monoisotopic (exact) mass is 329 g/mol. The summed E-state index contributed by atoms with van der Waals surface area (Å²) in [4.78, 5) is 1.08. The number of hydrogen-bond donors (Lipinski definition) is 1. The average Bonchev–Trinajstić information content (AvgIpc) is 2.72. The Kier molecular flexibility index (Phi) is 4.37. The maximum atomic E-state index is 13.7. The molecule has 1 aromatic carbocycles. The molecule has 0 spiro atoms. The van der Waals surface area contributed by atoms with Crippen LogP contribution in [-0.4, -0.2) is 0 Å². The zero-order valence-electron chi connectivity index (χ0n) is 9.82. The summed E-state index contributed by atoms with van der Waals surface area (Å²) in [7, 11) is 0. The number of hydrogen-bond acceptors (Lipinski definition) is 3. The minimum absolute atomic E-state index is 0.313. The van der Waals surface area contributed by atoms with Crippen molar-refractivity contribution in [3.63, 3.8) is 0 Å². The van der Waals surface area contributed by atoms with E-state index in [-0.39, 0.29) is 11.9 Å². The van der Waals surface area contributed by atoms with Crippen LogP contribution in [0.2, 0.25) is 0 Å². The van der Waals surface area contributed by atoms with Crippen molar-refractivity contribution in [2.75, 3.05) is 0 Å².